The van der Waals surface area contributed by atoms with Gasteiger partial charge < -0.3 is 14.8 Å². The lowest BCUT2D eigenvalue weighted by atomic mass is 10.1. The number of benzene rings is 1. The highest BCUT2D eigenvalue weighted by molar-refractivity contribution is 5.96. The van der Waals surface area contributed by atoms with Crippen LogP contribution < -0.4 is 5.32 Å². The summed E-state index contributed by atoms with van der Waals surface area (Å²) in [4.78, 5) is 40.1. The molecule has 1 N–H and O–H groups in total. The maximum Gasteiger partial charge on any atom is 0.407 e. The zero-order valence-corrected chi connectivity index (χ0v) is 17.8. The van der Waals surface area contributed by atoms with Gasteiger partial charge in [-0.05, 0) is 51.5 Å². The molecule has 1 aromatic carbocycles. The molecule has 9 nitrogen and oxygen atoms in total. The number of aldehydes is 1. The smallest absolute Gasteiger partial charge is 0.407 e. The highest BCUT2D eigenvalue weighted by Gasteiger charge is 2.19. The Balaban J connectivity index is 1.94. The van der Waals surface area contributed by atoms with Gasteiger partial charge in [0.25, 0.3) is 0 Å². The molecule has 2 heterocycles. The maximum atomic E-state index is 12.4. The van der Waals surface area contributed by atoms with E-state index in [4.69, 9.17) is 9.47 Å². The van der Waals surface area contributed by atoms with Gasteiger partial charge in [-0.3, -0.25) is 4.79 Å². The van der Waals surface area contributed by atoms with Crippen molar-refractivity contribution in [3.05, 3.63) is 53.3 Å². The summed E-state index contributed by atoms with van der Waals surface area (Å²) >= 11 is 0. The first-order chi connectivity index (χ1) is 14.7. The summed E-state index contributed by atoms with van der Waals surface area (Å²) in [5.41, 5.74) is 1.54. The number of aromatic nitrogens is 3. The van der Waals surface area contributed by atoms with Gasteiger partial charge >= 0.3 is 12.1 Å². The molecule has 0 atom stereocenters. The standard InChI is InChI=1S/C22H24N4O5/c1-5-30-20(28)18-17-10-9-16(13-27)26(17)25-19(24-18)15-8-6-7-14(11-15)12-23-21(29)31-22(2,3)4/h6-11,13H,5,12H2,1-4H3,(H,23,29). The highest BCUT2D eigenvalue weighted by atomic mass is 16.6. The molecule has 1 amide bonds. The van der Waals surface area contributed by atoms with Gasteiger partial charge in [0, 0.05) is 12.1 Å². The molecule has 162 valence electrons. The van der Waals surface area contributed by atoms with Crippen molar-refractivity contribution >= 4 is 23.9 Å². The molecule has 2 aromatic heterocycles. The number of fused-ring (bicyclic) bond motifs is 1. The molecule has 0 saturated heterocycles. The Kier molecular flexibility index (Phi) is 6.33. The number of alkyl carbamates (subject to hydrolysis) is 1. The van der Waals surface area contributed by atoms with E-state index in [0.29, 0.717) is 17.4 Å². The Morgan fingerprint density at radius 3 is 2.65 bits per heavy atom. The van der Waals surface area contributed by atoms with Gasteiger partial charge in [0.05, 0.1) is 12.1 Å². The summed E-state index contributed by atoms with van der Waals surface area (Å²) in [6.45, 7) is 7.49. The van der Waals surface area contributed by atoms with Crippen molar-refractivity contribution in [1.82, 2.24) is 19.9 Å². The first-order valence-corrected chi connectivity index (χ1v) is 9.80. The first-order valence-electron chi connectivity index (χ1n) is 9.80. The van der Waals surface area contributed by atoms with Crippen molar-refractivity contribution in [3.63, 3.8) is 0 Å². The minimum Gasteiger partial charge on any atom is -0.461 e. The minimum atomic E-state index is -0.602. The fourth-order valence-electron chi connectivity index (χ4n) is 2.89. The molecule has 0 bridgehead atoms. The van der Waals surface area contributed by atoms with Crippen molar-refractivity contribution < 1.29 is 23.9 Å². The fraction of sp³-hybridized carbons (Fsp3) is 0.318. The zero-order valence-electron chi connectivity index (χ0n) is 17.8. The fourth-order valence-corrected chi connectivity index (χ4v) is 2.89. The van der Waals surface area contributed by atoms with E-state index in [1.54, 1.807) is 58.0 Å². The van der Waals surface area contributed by atoms with Crippen molar-refractivity contribution in [2.24, 2.45) is 0 Å². The summed E-state index contributed by atoms with van der Waals surface area (Å²) in [5.74, 6) is -0.358. The predicted octanol–water partition coefficient (Wildman–Crippen LogP) is 3.41. The average molecular weight is 424 g/mol. The van der Waals surface area contributed by atoms with E-state index in [1.807, 2.05) is 6.07 Å². The summed E-state index contributed by atoms with van der Waals surface area (Å²) in [6.07, 6.45) is 0.128. The highest BCUT2D eigenvalue weighted by Crippen LogP contribution is 2.21. The number of rotatable bonds is 6. The minimum absolute atomic E-state index is 0.0669. The van der Waals surface area contributed by atoms with E-state index in [-0.39, 0.29) is 30.4 Å². The predicted molar refractivity (Wildman–Crippen MR) is 113 cm³/mol. The van der Waals surface area contributed by atoms with Gasteiger partial charge in [-0.25, -0.2) is 19.1 Å². The molecular formula is C22H24N4O5. The largest absolute Gasteiger partial charge is 0.461 e. The van der Waals surface area contributed by atoms with Crippen LogP contribution in [0.15, 0.2) is 36.4 Å². The quantitative estimate of drug-likeness (QED) is 0.477. The normalized spacial score (nSPS) is 11.2. The molecule has 0 aliphatic heterocycles. The van der Waals surface area contributed by atoms with Gasteiger partial charge in [0.1, 0.15) is 11.3 Å². The summed E-state index contributed by atoms with van der Waals surface area (Å²) in [5, 5.41) is 7.12. The topological polar surface area (TPSA) is 112 Å². The third-order valence-electron chi connectivity index (χ3n) is 4.15. The van der Waals surface area contributed by atoms with Gasteiger partial charge in [-0.1, -0.05) is 18.2 Å². The van der Waals surface area contributed by atoms with Crippen LogP contribution >= 0.6 is 0 Å². The number of ether oxygens (including phenoxy) is 2. The second-order valence-corrected chi connectivity index (χ2v) is 7.73. The molecule has 0 fully saturated rings. The molecular weight excluding hydrogens is 400 g/mol. The number of hydrogen-bond acceptors (Lipinski definition) is 7. The van der Waals surface area contributed by atoms with Crippen molar-refractivity contribution in [2.75, 3.05) is 6.61 Å². The lowest BCUT2D eigenvalue weighted by molar-refractivity contribution is 0.0512. The molecule has 0 spiro atoms. The van der Waals surface area contributed by atoms with Crippen LogP contribution in [0.3, 0.4) is 0 Å². The number of nitrogens with zero attached hydrogens (tertiary/aromatic N) is 3. The Morgan fingerprint density at radius 1 is 1.19 bits per heavy atom. The summed E-state index contributed by atoms with van der Waals surface area (Å²) in [6, 6.07) is 10.3. The van der Waals surface area contributed by atoms with Crippen LogP contribution in [0.1, 0.15) is 54.2 Å². The third-order valence-corrected chi connectivity index (χ3v) is 4.15. The van der Waals surface area contributed by atoms with E-state index in [9.17, 15) is 14.4 Å². The van der Waals surface area contributed by atoms with Crippen molar-refractivity contribution in [3.8, 4) is 11.4 Å². The van der Waals surface area contributed by atoms with Crippen LogP contribution in [0, 0.1) is 0 Å². The molecule has 0 unspecified atom stereocenters. The zero-order chi connectivity index (χ0) is 22.6. The first kappa shape index (κ1) is 21.9. The van der Waals surface area contributed by atoms with Crippen LogP contribution in [0.5, 0.6) is 0 Å². The molecule has 0 saturated carbocycles. The van der Waals surface area contributed by atoms with E-state index in [0.717, 1.165) is 5.56 Å². The van der Waals surface area contributed by atoms with Gasteiger partial charge in [0.15, 0.2) is 17.8 Å². The number of esters is 1. The molecule has 3 aromatic rings. The monoisotopic (exact) mass is 424 g/mol. The van der Waals surface area contributed by atoms with Crippen LogP contribution in [0.4, 0.5) is 4.79 Å². The van der Waals surface area contributed by atoms with E-state index >= 15 is 0 Å². The second kappa shape index (κ2) is 8.95. The lowest BCUT2D eigenvalue weighted by Gasteiger charge is -2.19. The molecule has 3 rings (SSSR count). The molecule has 31 heavy (non-hydrogen) atoms. The number of amides is 1. The SMILES string of the molecule is CCOC(=O)c1nc(-c2cccc(CNC(=O)OC(C)(C)C)c2)nn2c(C=O)ccc12. The Hall–Kier alpha value is -3.75. The van der Waals surface area contributed by atoms with Crippen LogP contribution in [-0.4, -0.2) is 45.2 Å². The number of carbonyl (C=O) groups excluding carboxylic acids is 3. The van der Waals surface area contributed by atoms with Crippen LogP contribution in [0.25, 0.3) is 16.9 Å². The van der Waals surface area contributed by atoms with Crippen molar-refractivity contribution in [2.45, 2.75) is 39.8 Å². The van der Waals surface area contributed by atoms with E-state index in [1.165, 1.54) is 4.52 Å². The van der Waals surface area contributed by atoms with Crippen molar-refractivity contribution in [1.29, 1.82) is 0 Å². The molecule has 0 aliphatic carbocycles. The van der Waals surface area contributed by atoms with E-state index < -0.39 is 17.7 Å². The summed E-state index contributed by atoms with van der Waals surface area (Å²) < 4.78 is 11.7. The molecule has 9 heteroatoms. The average Bonchev–Trinajstić information content (AvgIpc) is 3.14. The van der Waals surface area contributed by atoms with Crippen LogP contribution in [0.2, 0.25) is 0 Å². The maximum absolute atomic E-state index is 12.4. The Bertz CT molecular complexity index is 1130. The Morgan fingerprint density at radius 2 is 1.97 bits per heavy atom. The Labute approximate surface area is 179 Å². The lowest BCUT2D eigenvalue weighted by Crippen LogP contribution is -2.32. The molecule has 0 radical (unpaired) electrons. The summed E-state index contributed by atoms with van der Waals surface area (Å²) in [7, 11) is 0. The second-order valence-electron chi connectivity index (χ2n) is 7.73. The third kappa shape index (κ3) is 5.25. The molecule has 0 aliphatic rings. The van der Waals surface area contributed by atoms with Gasteiger partial charge in [-0.2, -0.15) is 0 Å². The number of hydrogen-bond donors (Lipinski definition) is 1. The van der Waals surface area contributed by atoms with E-state index in [2.05, 4.69) is 15.4 Å². The van der Waals surface area contributed by atoms with Gasteiger partial charge in [-0.15, -0.1) is 5.10 Å². The number of nitrogens with one attached hydrogen (secondary N) is 1. The van der Waals surface area contributed by atoms with Crippen LogP contribution in [-0.2, 0) is 16.0 Å². The van der Waals surface area contributed by atoms with Gasteiger partial charge in [0.2, 0.25) is 0 Å². The number of carbonyl (C=O) groups is 3.